The monoisotopic (exact) mass is 471 g/mol. The molecule has 0 aliphatic heterocycles. The number of nitrogens with zero attached hydrogens (tertiary/aromatic N) is 3. The van der Waals surface area contributed by atoms with Gasteiger partial charge in [0.2, 0.25) is 0 Å². The van der Waals surface area contributed by atoms with Gasteiger partial charge in [0, 0.05) is 36.9 Å². The number of hydrogen-bond donors (Lipinski definition) is 0. The number of rotatable bonds is 6. The predicted molar refractivity (Wildman–Crippen MR) is 150 cm³/mol. The Balaban J connectivity index is 1.78. The van der Waals surface area contributed by atoms with Crippen molar-refractivity contribution in [3.05, 3.63) is 121 Å². The largest absolute Gasteiger partial charge is 0.208 e. The van der Waals surface area contributed by atoms with E-state index in [0.29, 0.717) is 17.5 Å². The molecule has 0 fully saturated rings. The first-order valence-electron chi connectivity index (χ1n) is 11.5. The molecule has 170 valence electrons. The fourth-order valence-corrected chi connectivity index (χ4v) is 5.34. The quantitative estimate of drug-likeness (QED) is 0.233. The highest BCUT2D eigenvalue weighted by Gasteiger charge is 2.18. The van der Waals surface area contributed by atoms with Gasteiger partial charge in [-0.05, 0) is 37.1 Å². The highest BCUT2D eigenvalue weighted by molar-refractivity contribution is 7.25. The van der Waals surface area contributed by atoms with Gasteiger partial charge in [-0.15, -0.1) is 11.3 Å². The molecule has 0 saturated heterocycles. The van der Waals surface area contributed by atoms with Crippen molar-refractivity contribution >= 4 is 37.1 Å². The van der Waals surface area contributed by atoms with Crippen LogP contribution in [0.15, 0.2) is 115 Å². The van der Waals surface area contributed by atoms with Gasteiger partial charge in [0.15, 0.2) is 17.5 Å². The van der Waals surface area contributed by atoms with E-state index < -0.39 is 0 Å². The van der Waals surface area contributed by atoms with E-state index in [-0.39, 0.29) is 0 Å². The summed E-state index contributed by atoms with van der Waals surface area (Å²) in [5.74, 6) is 1.86. The van der Waals surface area contributed by atoms with Crippen LogP contribution in [0, 0.1) is 0 Å². The fourth-order valence-electron chi connectivity index (χ4n) is 4.21. The Hall–Kier alpha value is -4.15. The van der Waals surface area contributed by atoms with Crippen LogP contribution < -0.4 is 0 Å². The van der Waals surface area contributed by atoms with Gasteiger partial charge < -0.3 is 0 Å². The zero-order valence-corrected chi connectivity index (χ0v) is 20.6. The molecule has 0 unspecified atom stereocenters. The first-order chi connectivity index (χ1) is 17.1. The molecule has 3 aromatic carbocycles. The van der Waals surface area contributed by atoms with Crippen molar-refractivity contribution in [1.82, 2.24) is 15.0 Å². The van der Waals surface area contributed by atoms with Crippen LogP contribution in [0.4, 0.5) is 0 Å². The van der Waals surface area contributed by atoms with E-state index in [9.17, 15) is 0 Å². The molecule has 5 rings (SSSR count). The molecule has 0 aliphatic rings. The summed E-state index contributed by atoms with van der Waals surface area (Å²) in [6, 6.07) is 24.8. The van der Waals surface area contributed by atoms with Crippen LogP contribution in [0.2, 0.25) is 0 Å². The smallest absolute Gasteiger partial charge is 0.164 e. The summed E-state index contributed by atoms with van der Waals surface area (Å²) in [5.41, 5.74) is 4.40. The second kappa shape index (κ2) is 9.61. The predicted octanol–water partition coefficient (Wildman–Crippen LogP) is 8.67. The minimum atomic E-state index is 0.587. The summed E-state index contributed by atoms with van der Waals surface area (Å²) in [7, 11) is 0. The first-order valence-corrected chi connectivity index (χ1v) is 12.3. The van der Waals surface area contributed by atoms with Crippen LogP contribution in [0.3, 0.4) is 0 Å². The van der Waals surface area contributed by atoms with E-state index in [4.69, 9.17) is 15.0 Å². The molecule has 0 aliphatic carbocycles. The third-order valence-electron chi connectivity index (χ3n) is 5.92. The van der Waals surface area contributed by atoms with Gasteiger partial charge in [-0.3, -0.25) is 0 Å². The van der Waals surface area contributed by atoms with E-state index >= 15 is 0 Å². The molecule has 0 spiro atoms. The number of thiophene rings is 1. The van der Waals surface area contributed by atoms with Crippen molar-refractivity contribution in [1.29, 1.82) is 0 Å². The highest BCUT2D eigenvalue weighted by atomic mass is 32.1. The summed E-state index contributed by atoms with van der Waals surface area (Å²) >= 11 is 1.78. The molecule has 0 atom stereocenters. The van der Waals surface area contributed by atoms with Crippen LogP contribution in [-0.4, -0.2) is 15.0 Å². The Kier molecular flexibility index (Phi) is 6.21. The molecule has 5 aromatic rings. The minimum Gasteiger partial charge on any atom is -0.208 e. The summed E-state index contributed by atoms with van der Waals surface area (Å²) in [5, 5.41) is 2.38. The molecule has 3 nitrogen and oxygen atoms in total. The van der Waals surface area contributed by atoms with Crippen molar-refractivity contribution in [3.63, 3.8) is 0 Å². The molecule has 0 saturated carbocycles. The van der Waals surface area contributed by atoms with Crippen LogP contribution in [0.1, 0.15) is 19.7 Å². The molecule has 0 radical (unpaired) electrons. The Bertz CT molecular complexity index is 1640. The van der Waals surface area contributed by atoms with Crippen LogP contribution in [-0.2, 0) is 0 Å². The lowest BCUT2D eigenvalue weighted by Gasteiger charge is -2.13. The maximum absolute atomic E-state index is 4.99. The topological polar surface area (TPSA) is 38.7 Å². The summed E-state index contributed by atoms with van der Waals surface area (Å²) in [6.07, 6.45) is 5.90. The molecule has 0 N–H and O–H groups in total. The lowest BCUT2D eigenvalue weighted by molar-refractivity contribution is 1.04. The van der Waals surface area contributed by atoms with Crippen molar-refractivity contribution in [2.75, 3.05) is 0 Å². The number of benzene rings is 3. The van der Waals surface area contributed by atoms with Crippen molar-refractivity contribution < 1.29 is 0 Å². The zero-order valence-electron chi connectivity index (χ0n) is 19.8. The minimum absolute atomic E-state index is 0.587. The fraction of sp³-hybridized carbons (Fsp3) is 0.0645. The second-order valence-corrected chi connectivity index (χ2v) is 9.24. The van der Waals surface area contributed by atoms with Crippen LogP contribution in [0.25, 0.3) is 48.5 Å². The average Bonchev–Trinajstić information content (AvgIpc) is 3.28. The Morgan fingerprint density at radius 2 is 1.49 bits per heavy atom. The molecular formula is C31H25N3S. The van der Waals surface area contributed by atoms with E-state index in [1.165, 1.54) is 20.2 Å². The van der Waals surface area contributed by atoms with Crippen LogP contribution >= 0.6 is 11.3 Å². The molecule has 2 aromatic heterocycles. The highest BCUT2D eigenvalue weighted by Crippen LogP contribution is 2.39. The van der Waals surface area contributed by atoms with Gasteiger partial charge in [0.1, 0.15) is 0 Å². The van der Waals surface area contributed by atoms with Gasteiger partial charge in [-0.2, -0.15) is 0 Å². The maximum atomic E-state index is 4.99. The third kappa shape index (κ3) is 4.25. The molecule has 2 heterocycles. The maximum Gasteiger partial charge on any atom is 0.164 e. The van der Waals surface area contributed by atoms with Gasteiger partial charge in [0.05, 0.1) is 0 Å². The van der Waals surface area contributed by atoms with Gasteiger partial charge in [0.25, 0.3) is 0 Å². The van der Waals surface area contributed by atoms with E-state index in [1.54, 1.807) is 11.3 Å². The SMILES string of the molecule is C=C(/C=C\C)C(=C)/C(=C\C)c1nc(-c2ccccc2)nc(-c2cccc3sc4ccccc4c23)n1. The number of aromatic nitrogens is 3. The van der Waals surface area contributed by atoms with E-state index in [2.05, 4.69) is 55.6 Å². The van der Waals surface area contributed by atoms with Crippen LogP contribution in [0.5, 0.6) is 0 Å². The summed E-state index contributed by atoms with van der Waals surface area (Å²) in [6.45, 7) is 12.4. The van der Waals surface area contributed by atoms with Crippen molar-refractivity contribution in [2.45, 2.75) is 13.8 Å². The third-order valence-corrected chi connectivity index (χ3v) is 7.06. The number of fused-ring (bicyclic) bond motifs is 3. The van der Waals surface area contributed by atoms with Crippen molar-refractivity contribution in [2.24, 2.45) is 0 Å². The second-order valence-electron chi connectivity index (χ2n) is 8.16. The lowest BCUT2D eigenvalue weighted by Crippen LogP contribution is -2.04. The first kappa shape index (κ1) is 22.6. The average molecular weight is 472 g/mol. The molecular weight excluding hydrogens is 446 g/mol. The molecule has 0 amide bonds. The summed E-state index contributed by atoms with van der Waals surface area (Å²) < 4.78 is 2.46. The Labute approximate surface area is 209 Å². The standard InChI is InChI=1S/C31H25N3S/c1-5-13-20(3)21(4)23(6-2)30-32-29(22-14-8-7-9-15-22)33-31(34-30)25-17-12-19-27-28(25)24-16-10-11-18-26(24)35-27/h5-19H,3-4H2,1-2H3/b13-5-,23-6+. The lowest BCUT2D eigenvalue weighted by atomic mass is 9.99. The normalized spacial score (nSPS) is 12.0. The summed E-state index contributed by atoms with van der Waals surface area (Å²) in [4.78, 5) is 14.8. The number of hydrogen-bond acceptors (Lipinski definition) is 4. The van der Waals surface area contributed by atoms with Gasteiger partial charge in [-0.25, -0.2) is 15.0 Å². The van der Waals surface area contributed by atoms with Gasteiger partial charge >= 0.3 is 0 Å². The van der Waals surface area contributed by atoms with E-state index in [1.807, 2.05) is 62.4 Å². The molecule has 35 heavy (non-hydrogen) atoms. The molecule has 4 heteroatoms. The molecule has 0 bridgehead atoms. The Morgan fingerprint density at radius 1 is 0.771 bits per heavy atom. The Morgan fingerprint density at radius 3 is 2.26 bits per heavy atom. The van der Waals surface area contributed by atoms with E-state index in [0.717, 1.165) is 27.8 Å². The zero-order chi connectivity index (χ0) is 24.4. The van der Waals surface area contributed by atoms with Gasteiger partial charge in [-0.1, -0.05) is 92.0 Å². The van der Waals surface area contributed by atoms with Crippen molar-refractivity contribution in [3.8, 4) is 22.8 Å². The number of allylic oxidation sites excluding steroid dienone is 6.